The molecule has 1 heterocycles. The number of nitrogens with zero attached hydrogens (tertiary/aromatic N) is 2. The summed E-state index contributed by atoms with van der Waals surface area (Å²) in [4.78, 5) is 9.35. The van der Waals surface area contributed by atoms with Crippen molar-refractivity contribution >= 4 is 61.1 Å². The first-order chi connectivity index (χ1) is 16.6. The van der Waals surface area contributed by atoms with Gasteiger partial charge in [-0.05, 0) is 70.6 Å². The van der Waals surface area contributed by atoms with E-state index < -0.39 is 0 Å². The third-order valence-corrected chi connectivity index (χ3v) is 8.64. The quantitative estimate of drug-likeness (QED) is 0.176. The molecule has 0 radical (unpaired) electrons. The second kappa shape index (κ2) is 9.02. The molecule has 0 amide bonds. The summed E-state index contributed by atoms with van der Waals surface area (Å²) in [5.74, 6) is 1.11. The smallest absolute Gasteiger partial charge is 0.151 e. The van der Waals surface area contributed by atoms with Crippen LogP contribution in [0.5, 0.6) is 5.75 Å². The Labute approximate surface area is 214 Å². The van der Waals surface area contributed by atoms with Crippen molar-refractivity contribution in [1.82, 2.24) is 4.98 Å². The van der Waals surface area contributed by atoms with Gasteiger partial charge in [0.1, 0.15) is 5.75 Å². The first kappa shape index (κ1) is 21.6. The maximum atomic E-state index is 10.0. The average Bonchev–Trinajstić information content (AvgIpc) is 3.43. The largest absolute Gasteiger partial charge is 0.507 e. The van der Waals surface area contributed by atoms with Crippen molar-refractivity contribution < 1.29 is 5.11 Å². The minimum absolute atomic E-state index is 0.208. The number of aromatic hydroxyl groups is 1. The van der Waals surface area contributed by atoms with E-state index in [4.69, 9.17) is 4.98 Å². The van der Waals surface area contributed by atoms with Gasteiger partial charge in [0.25, 0.3) is 0 Å². The number of aromatic nitrogens is 1. The van der Waals surface area contributed by atoms with Crippen LogP contribution < -0.4 is 0 Å². The van der Waals surface area contributed by atoms with Crippen LogP contribution in [0.15, 0.2) is 92.7 Å². The van der Waals surface area contributed by atoms with E-state index in [2.05, 4.69) is 69.5 Å². The lowest BCUT2D eigenvalue weighted by Crippen LogP contribution is -1.85. The van der Waals surface area contributed by atoms with E-state index in [1.165, 1.54) is 27.8 Å². The lowest BCUT2D eigenvalue weighted by molar-refractivity contribution is 0.474. The third kappa shape index (κ3) is 4.29. The van der Waals surface area contributed by atoms with Crippen LogP contribution in [0, 0.1) is 0 Å². The molecule has 0 bridgehead atoms. The molecule has 6 heteroatoms. The Morgan fingerprint density at radius 3 is 2.79 bits per heavy atom. The fourth-order valence-electron chi connectivity index (χ4n) is 4.24. The number of benzene rings is 4. The molecule has 3 nitrogen and oxygen atoms in total. The van der Waals surface area contributed by atoms with Gasteiger partial charge in [0.2, 0.25) is 0 Å². The fraction of sp³-hybridized carbons (Fsp3) is 0.0714. The summed E-state index contributed by atoms with van der Waals surface area (Å²) >= 11 is 6.90. The highest BCUT2D eigenvalue weighted by Gasteiger charge is 2.18. The Bertz CT molecular complexity index is 1570. The van der Waals surface area contributed by atoms with Crippen LogP contribution in [-0.2, 0) is 12.2 Å². The summed E-state index contributed by atoms with van der Waals surface area (Å²) in [6.45, 7) is 0. The van der Waals surface area contributed by atoms with Gasteiger partial charge in [-0.2, -0.15) is 0 Å². The molecule has 6 rings (SSSR count). The van der Waals surface area contributed by atoms with E-state index in [0.717, 1.165) is 36.9 Å². The molecule has 1 aromatic heterocycles. The van der Waals surface area contributed by atoms with Gasteiger partial charge in [0, 0.05) is 22.0 Å². The van der Waals surface area contributed by atoms with Gasteiger partial charge in [-0.1, -0.05) is 70.2 Å². The maximum absolute atomic E-state index is 10.0. The van der Waals surface area contributed by atoms with Crippen molar-refractivity contribution in [2.24, 2.45) is 4.99 Å². The van der Waals surface area contributed by atoms with Crippen molar-refractivity contribution in [2.45, 2.75) is 16.5 Å². The molecule has 4 aromatic carbocycles. The number of hydrogen-bond donors (Lipinski definition) is 1. The highest BCUT2D eigenvalue weighted by atomic mass is 79.9. The summed E-state index contributed by atoms with van der Waals surface area (Å²) in [7, 11) is 0. The zero-order valence-corrected chi connectivity index (χ0v) is 21.3. The number of phenolic OH excluding ortho intramolecular Hbond substituents is 1. The van der Waals surface area contributed by atoms with Crippen LogP contribution in [0.4, 0.5) is 5.69 Å². The minimum Gasteiger partial charge on any atom is -0.507 e. The number of hydrogen-bond acceptors (Lipinski definition) is 5. The molecule has 1 aliphatic rings. The van der Waals surface area contributed by atoms with Crippen LogP contribution in [0.3, 0.4) is 0 Å². The predicted molar refractivity (Wildman–Crippen MR) is 147 cm³/mol. The first-order valence-electron chi connectivity index (χ1n) is 10.9. The Balaban J connectivity index is 1.17. The Morgan fingerprint density at radius 1 is 0.971 bits per heavy atom. The molecule has 0 saturated carbocycles. The molecule has 34 heavy (non-hydrogen) atoms. The Morgan fingerprint density at radius 2 is 1.85 bits per heavy atom. The first-order valence-corrected chi connectivity index (χ1v) is 13.5. The highest BCUT2D eigenvalue weighted by Crippen LogP contribution is 2.38. The molecule has 0 spiro atoms. The van der Waals surface area contributed by atoms with Crippen LogP contribution in [0.1, 0.15) is 22.3 Å². The number of fused-ring (bicyclic) bond motifs is 4. The molecule has 0 saturated heterocycles. The van der Waals surface area contributed by atoms with Crippen molar-refractivity contribution in [2.75, 3.05) is 0 Å². The summed E-state index contributed by atoms with van der Waals surface area (Å²) in [6, 6.07) is 26.9. The van der Waals surface area contributed by atoms with Gasteiger partial charge in [0.05, 0.1) is 15.9 Å². The number of thiazole rings is 1. The minimum atomic E-state index is 0.208. The Kier molecular flexibility index (Phi) is 5.73. The topological polar surface area (TPSA) is 45.5 Å². The lowest BCUT2D eigenvalue weighted by Gasteiger charge is -2.04. The van der Waals surface area contributed by atoms with Crippen molar-refractivity contribution in [3.05, 3.63) is 106 Å². The molecule has 0 fully saturated rings. The number of aliphatic imine (C=N–C) groups is 1. The monoisotopic (exact) mass is 542 g/mol. The van der Waals surface area contributed by atoms with Crippen LogP contribution in [0.25, 0.3) is 21.3 Å². The van der Waals surface area contributed by atoms with E-state index >= 15 is 0 Å². The average molecular weight is 544 g/mol. The van der Waals surface area contributed by atoms with Crippen molar-refractivity contribution in [1.29, 1.82) is 0 Å². The predicted octanol–water partition coefficient (Wildman–Crippen LogP) is 8.38. The number of rotatable bonds is 5. The van der Waals surface area contributed by atoms with Crippen LogP contribution in [0.2, 0.25) is 0 Å². The zero-order chi connectivity index (χ0) is 23.1. The van der Waals surface area contributed by atoms with Crippen molar-refractivity contribution in [3.63, 3.8) is 0 Å². The molecule has 1 aliphatic carbocycles. The highest BCUT2D eigenvalue weighted by molar-refractivity contribution is 9.10. The molecule has 1 N–H and O–H groups in total. The standard InChI is InChI=1S/C28H19BrN2OS2/c29-21-6-10-26(32)20(13-21)15-30-22-7-9-25-27(14-22)34-28(31-25)33-16-17-5-8-24-19(11-17)12-18-3-1-2-4-23(18)24/h1-11,13-15,32H,12,16H2. The third-order valence-electron chi connectivity index (χ3n) is 5.92. The van der Waals surface area contributed by atoms with Gasteiger partial charge in [0.15, 0.2) is 4.34 Å². The molecule has 0 aliphatic heterocycles. The van der Waals surface area contributed by atoms with Gasteiger partial charge in [-0.15, -0.1) is 11.3 Å². The van der Waals surface area contributed by atoms with Crippen molar-refractivity contribution in [3.8, 4) is 16.9 Å². The maximum Gasteiger partial charge on any atom is 0.151 e. The SMILES string of the molecule is Oc1ccc(Br)cc1C=Nc1ccc2nc(SCc3ccc4c(c3)Cc3ccccc3-4)sc2c1. The van der Waals surface area contributed by atoms with Crippen LogP contribution in [-0.4, -0.2) is 16.3 Å². The molecule has 166 valence electrons. The van der Waals surface area contributed by atoms with Crippen LogP contribution >= 0.6 is 39.0 Å². The number of thioether (sulfide) groups is 1. The summed E-state index contributed by atoms with van der Waals surface area (Å²) in [5.41, 5.74) is 9.41. The van der Waals surface area contributed by atoms with E-state index in [9.17, 15) is 5.11 Å². The normalized spacial score (nSPS) is 12.4. The summed E-state index contributed by atoms with van der Waals surface area (Å²) in [5, 5.41) is 10.0. The van der Waals surface area contributed by atoms with E-state index in [1.807, 2.05) is 18.2 Å². The second-order valence-electron chi connectivity index (χ2n) is 8.21. The van der Waals surface area contributed by atoms with Gasteiger partial charge < -0.3 is 5.11 Å². The zero-order valence-electron chi connectivity index (χ0n) is 18.0. The number of halogens is 1. The molecular weight excluding hydrogens is 524 g/mol. The summed E-state index contributed by atoms with van der Waals surface area (Å²) in [6.07, 6.45) is 2.70. The molecular formula is C28H19BrN2OS2. The molecule has 0 atom stereocenters. The van der Waals surface area contributed by atoms with Gasteiger partial charge in [-0.3, -0.25) is 4.99 Å². The van der Waals surface area contributed by atoms with E-state index in [0.29, 0.717) is 5.56 Å². The van der Waals surface area contributed by atoms with E-state index in [1.54, 1.807) is 41.4 Å². The molecule has 0 unspecified atom stereocenters. The van der Waals surface area contributed by atoms with Gasteiger partial charge in [-0.25, -0.2) is 4.98 Å². The van der Waals surface area contributed by atoms with Gasteiger partial charge >= 0.3 is 0 Å². The lowest BCUT2D eigenvalue weighted by atomic mass is 10.0. The summed E-state index contributed by atoms with van der Waals surface area (Å²) < 4.78 is 3.07. The van der Waals surface area contributed by atoms with E-state index in [-0.39, 0.29) is 5.75 Å². The Hall–Kier alpha value is -2.93. The fourth-order valence-corrected chi connectivity index (χ4v) is 6.66. The number of phenols is 1. The molecule has 5 aromatic rings. The second-order valence-corrected chi connectivity index (χ2v) is 11.4.